The van der Waals surface area contributed by atoms with Gasteiger partial charge < -0.3 is 10.3 Å². The first kappa shape index (κ1) is 17.8. The molecule has 1 heterocycles. The Kier molecular flexibility index (Phi) is 5.43. The van der Waals surface area contributed by atoms with Gasteiger partial charge in [0.1, 0.15) is 0 Å². The van der Waals surface area contributed by atoms with Gasteiger partial charge >= 0.3 is 0 Å². The van der Waals surface area contributed by atoms with E-state index in [2.05, 4.69) is 60.3 Å². The second-order valence-electron chi connectivity index (χ2n) is 6.67. The van der Waals surface area contributed by atoms with Crippen molar-refractivity contribution in [2.75, 3.05) is 5.32 Å². The zero-order valence-electron chi connectivity index (χ0n) is 15.5. The molecule has 3 rings (SSSR count). The van der Waals surface area contributed by atoms with E-state index in [1.807, 2.05) is 31.3 Å². The van der Waals surface area contributed by atoms with Crippen LogP contribution in [-0.2, 0) is 4.79 Å². The van der Waals surface area contributed by atoms with Crippen molar-refractivity contribution in [2.45, 2.75) is 33.6 Å². The molecule has 0 radical (unpaired) electrons. The Labute approximate surface area is 154 Å². The third kappa shape index (κ3) is 4.15. The highest BCUT2D eigenvalue weighted by Crippen LogP contribution is 2.23. The maximum Gasteiger partial charge on any atom is 0.300 e. The molecule has 1 amide bonds. The molecule has 0 spiro atoms. The van der Waals surface area contributed by atoms with E-state index in [0.717, 1.165) is 17.7 Å². The van der Waals surface area contributed by atoms with Gasteiger partial charge in [-0.15, -0.1) is 0 Å². The highest BCUT2D eigenvalue weighted by atomic mass is 16.1. The molecule has 1 atom stereocenters. The maximum absolute atomic E-state index is 11.9. The minimum atomic E-state index is -0.272. The number of amides is 1. The number of allylic oxidation sites excluding steroid dienone is 2. The van der Waals surface area contributed by atoms with E-state index in [9.17, 15) is 4.79 Å². The number of anilines is 1. The van der Waals surface area contributed by atoms with E-state index in [-0.39, 0.29) is 5.91 Å². The molecule has 26 heavy (non-hydrogen) atoms. The predicted octanol–water partition coefficient (Wildman–Crippen LogP) is 3.36. The SMILES string of the molecule is CCC#CC(=O)Nc1cccc(C2=CC(C)CC=c3[nH]cc(C)c3=C2)c1. The number of aromatic nitrogens is 1. The van der Waals surface area contributed by atoms with E-state index in [1.165, 1.54) is 21.7 Å². The van der Waals surface area contributed by atoms with Crippen LogP contribution in [0.4, 0.5) is 5.69 Å². The zero-order valence-corrected chi connectivity index (χ0v) is 15.5. The summed E-state index contributed by atoms with van der Waals surface area (Å²) in [5, 5.41) is 5.26. The average Bonchev–Trinajstić information content (AvgIpc) is 2.95. The topological polar surface area (TPSA) is 44.9 Å². The Bertz CT molecular complexity index is 1030. The molecule has 132 valence electrons. The first-order valence-electron chi connectivity index (χ1n) is 9.05. The lowest BCUT2D eigenvalue weighted by atomic mass is 9.95. The molecule has 1 unspecified atom stereocenters. The summed E-state index contributed by atoms with van der Waals surface area (Å²) in [7, 11) is 0. The van der Waals surface area contributed by atoms with Gasteiger partial charge in [-0.1, -0.05) is 44.1 Å². The van der Waals surface area contributed by atoms with E-state index >= 15 is 0 Å². The van der Waals surface area contributed by atoms with Gasteiger partial charge in [0.15, 0.2) is 0 Å². The lowest BCUT2D eigenvalue weighted by molar-refractivity contribution is -0.111. The Balaban J connectivity index is 2.00. The van der Waals surface area contributed by atoms with Gasteiger partial charge in [-0.2, -0.15) is 0 Å². The summed E-state index contributed by atoms with van der Waals surface area (Å²) in [5.74, 6) is 5.55. The summed E-state index contributed by atoms with van der Waals surface area (Å²) < 4.78 is 0. The molecule has 3 heteroatoms. The number of H-pyrrole nitrogens is 1. The quantitative estimate of drug-likeness (QED) is 0.806. The van der Waals surface area contributed by atoms with Crippen LogP contribution in [0.1, 0.15) is 37.8 Å². The normalized spacial score (nSPS) is 15.8. The number of rotatable bonds is 2. The van der Waals surface area contributed by atoms with Crippen molar-refractivity contribution in [1.29, 1.82) is 0 Å². The maximum atomic E-state index is 11.9. The van der Waals surface area contributed by atoms with Crippen LogP contribution >= 0.6 is 0 Å². The Morgan fingerprint density at radius 3 is 3.04 bits per heavy atom. The number of hydrogen-bond acceptors (Lipinski definition) is 1. The van der Waals surface area contributed by atoms with Crippen molar-refractivity contribution in [3.8, 4) is 11.8 Å². The third-order valence-electron chi connectivity index (χ3n) is 4.45. The van der Waals surface area contributed by atoms with E-state index in [1.54, 1.807) is 0 Å². The molecule has 3 nitrogen and oxygen atoms in total. The molecule has 0 aliphatic heterocycles. The third-order valence-corrected chi connectivity index (χ3v) is 4.45. The highest BCUT2D eigenvalue weighted by Gasteiger charge is 2.08. The molecule has 1 aliphatic carbocycles. The lowest BCUT2D eigenvalue weighted by Gasteiger charge is -2.11. The van der Waals surface area contributed by atoms with Gasteiger partial charge in [0, 0.05) is 28.9 Å². The summed E-state index contributed by atoms with van der Waals surface area (Å²) in [4.78, 5) is 15.2. The Morgan fingerprint density at radius 1 is 1.38 bits per heavy atom. The molecule has 0 saturated carbocycles. The van der Waals surface area contributed by atoms with E-state index < -0.39 is 0 Å². The van der Waals surface area contributed by atoms with Crippen LogP contribution in [0.25, 0.3) is 17.7 Å². The molecule has 1 aromatic carbocycles. The Hall–Kier alpha value is -2.99. The van der Waals surface area contributed by atoms with Crippen LogP contribution in [0.5, 0.6) is 0 Å². The van der Waals surface area contributed by atoms with Crippen LogP contribution in [-0.4, -0.2) is 10.9 Å². The number of carbonyl (C=O) groups excluding carboxylic acids is 1. The summed E-state index contributed by atoms with van der Waals surface area (Å²) in [6, 6.07) is 7.94. The lowest BCUT2D eigenvalue weighted by Crippen LogP contribution is -2.25. The zero-order chi connectivity index (χ0) is 18.5. The van der Waals surface area contributed by atoms with Crippen molar-refractivity contribution >= 4 is 29.3 Å². The molecular weight excluding hydrogens is 320 g/mol. The summed E-state index contributed by atoms with van der Waals surface area (Å²) in [5.41, 5.74) is 4.26. The van der Waals surface area contributed by atoms with Crippen molar-refractivity contribution < 1.29 is 4.79 Å². The number of benzene rings is 1. The minimum absolute atomic E-state index is 0.272. The van der Waals surface area contributed by atoms with E-state index in [0.29, 0.717) is 12.3 Å². The van der Waals surface area contributed by atoms with Gasteiger partial charge in [-0.25, -0.2) is 0 Å². The van der Waals surface area contributed by atoms with Crippen molar-refractivity contribution in [2.24, 2.45) is 5.92 Å². The van der Waals surface area contributed by atoms with Crippen molar-refractivity contribution in [3.05, 3.63) is 58.2 Å². The van der Waals surface area contributed by atoms with Crippen molar-refractivity contribution in [3.63, 3.8) is 0 Å². The minimum Gasteiger partial charge on any atom is -0.361 e. The number of carbonyl (C=O) groups is 1. The first-order valence-corrected chi connectivity index (χ1v) is 9.05. The van der Waals surface area contributed by atoms with Crippen LogP contribution < -0.4 is 15.9 Å². The van der Waals surface area contributed by atoms with E-state index in [4.69, 9.17) is 0 Å². The monoisotopic (exact) mass is 344 g/mol. The van der Waals surface area contributed by atoms with Crippen LogP contribution in [0, 0.1) is 24.7 Å². The fourth-order valence-electron chi connectivity index (χ4n) is 3.08. The summed E-state index contributed by atoms with van der Waals surface area (Å²) in [6.45, 7) is 6.26. The van der Waals surface area contributed by atoms with Gasteiger partial charge in [0.2, 0.25) is 0 Å². The Morgan fingerprint density at radius 2 is 2.23 bits per heavy atom. The molecule has 1 aliphatic rings. The number of fused-ring (bicyclic) bond motifs is 1. The molecule has 2 aromatic rings. The number of aromatic amines is 1. The van der Waals surface area contributed by atoms with Gasteiger partial charge in [0.05, 0.1) is 0 Å². The van der Waals surface area contributed by atoms with Crippen LogP contribution in [0.3, 0.4) is 0 Å². The second-order valence-corrected chi connectivity index (χ2v) is 6.67. The molecule has 2 N–H and O–H groups in total. The van der Waals surface area contributed by atoms with Gasteiger partial charge in [-0.3, -0.25) is 4.79 Å². The number of nitrogens with one attached hydrogen (secondary N) is 2. The molecule has 1 aromatic heterocycles. The molecule has 0 fully saturated rings. The molecule has 0 saturated heterocycles. The van der Waals surface area contributed by atoms with Gasteiger partial charge in [0.25, 0.3) is 5.91 Å². The largest absolute Gasteiger partial charge is 0.361 e. The molecular formula is C23H24N2O. The van der Waals surface area contributed by atoms with Crippen LogP contribution in [0.2, 0.25) is 0 Å². The van der Waals surface area contributed by atoms with Crippen LogP contribution in [0.15, 0.2) is 36.5 Å². The fraction of sp³-hybridized carbons (Fsp3) is 0.261. The highest BCUT2D eigenvalue weighted by molar-refractivity contribution is 6.04. The standard InChI is InChI=1S/C23H24N2O/c1-4-5-9-23(26)25-20-8-6-7-18(13-20)19-12-16(2)10-11-22-21(14-19)17(3)15-24-22/h6-8,11-16,24H,4,10H2,1-3H3,(H,25,26). The molecule has 0 bridgehead atoms. The number of hydrogen-bond donors (Lipinski definition) is 2. The number of aryl methyl sites for hydroxylation is 1. The average molecular weight is 344 g/mol. The first-order chi connectivity index (χ1) is 12.6. The summed E-state index contributed by atoms with van der Waals surface area (Å²) >= 11 is 0. The predicted molar refractivity (Wildman–Crippen MR) is 109 cm³/mol. The van der Waals surface area contributed by atoms with Gasteiger partial charge in [-0.05, 0) is 60.1 Å². The smallest absolute Gasteiger partial charge is 0.300 e. The fourth-order valence-corrected chi connectivity index (χ4v) is 3.08. The van der Waals surface area contributed by atoms with Crippen molar-refractivity contribution in [1.82, 2.24) is 4.98 Å². The second kappa shape index (κ2) is 7.93. The summed E-state index contributed by atoms with van der Waals surface area (Å²) in [6.07, 6.45) is 10.5.